The Balaban J connectivity index is 1.20. The average Bonchev–Trinajstić information content (AvgIpc) is 3.62. The van der Waals surface area contributed by atoms with E-state index in [1.807, 2.05) is 12.4 Å². The minimum absolute atomic E-state index is 1.14. The fourth-order valence-corrected chi connectivity index (χ4v) is 9.46. The molecule has 12 aromatic rings. The Labute approximate surface area is 329 Å². The van der Waals surface area contributed by atoms with Gasteiger partial charge in [0, 0.05) is 34.2 Å². The lowest BCUT2D eigenvalue weighted by atomic mass is 9.83. The van der Waals surface area contributed by atoms with Crippen LogP contribution >= 0.6 is 0 Å². The van der Waals surface area contributed by atoms with Gasteiger partial charge in [0.1, 0.15) is 0 Å². The molecule has 0 radical (unpaired) electrons. The Kier molecular flexibility index (Phi) is 6.96. The number of hydrogen-bond donors (Lipinski definition) is 0. The zero-order valence-electron chi connectivity index (χ0n) is 31.0. The van der Waals surface area contributed by atoms with E-state index in [-0.39, 0.29) is 0 Å². The molecule has 0 amide bonds. The fraction of sp³-hybridized carbons (Fsp3) is 0. The summed E-state index contributed by atoms with van der Waals surface area (Å²) in [5.74, 6) is 0. The molecule has 0 bridgehead atoms. The van der Waals surface area contributed by atoms with Crippen molar-refractivity contribution >= 4 is 75.7 Å². The van der Waals surface area contributed by atoms with Gasteiger partial charge in [-0.25, -0.2) is 0 Å². The summed E-state index contributed by atoms with van der Waals surface area (Å²) < 4.78 is 2.40. The van der Waals surface area contributed by atoms with Crippen molar-refractivity contribution in [3.8, 4) is 39.1 Å². The number of pyridine rings is 1. The van der Waals surface area contributed by atoms with E-state index in [4.69, 9.17) is 0 Å². The SMILES string of the molecule is c1ccc(-n2c3ccncc3c3cc(-c4ccc5c(-c6ccc7ccccc7c6)c6ccccc6c(-c6ccc7ccccc7c6)c5c4)c4ccccc4c32)cc1. The maximum atomic E-state index is 4.63. The van der Waals surface area contributed by atoms with Gasteiger partial charge in [-0.1, -0.05) is 152 Å². The number of rotatable bonds is 4. The minimum atomic E-state index is 1.14. The fourth-order valence-electron chi connectivity index (χ4n) is 9.46. The van der Waals surface area contributed by atoms with Crippen LogP contribution in [0.1, 0.15) is 0 Å². The Morgan fingerprint density at radius 2 is 0.877 bits per heavy atom. The van der Waals surface area contributed by atoms with Crippen LogP contribution in [-0.2, 0) is 0 Å². The molecule has 0 saturated carbocycles. The molecule has 0 saturated heterocycles. The first-order valence-corrected chi connectivity index (χ1v) is 19.6. The molecule has 10 aromatic carbocycles. The van der Waals surface area contributed by atoms with E-state index in [9.17, 15) is 0 Å². The second-order valence-corrected chi connectivity index (χ2v) is 15.1. The van der Waals surface area contributed by atoms with Crippen LogP contribution < -0.4 is 0 Å². The molecule has 0 unspecified atom stereocenters. The van der Waals surface area contributed by atoms with Crippen LogP contribution in [0.5, 0.6) is 0 Å². The van der Waals surface area contributed by atoms with Gasteiger partial charge in [-0.2, -0.15) is 0 Å². The normalized spacial score (nSPS) is 11.9. The predicted molar refractivity (Wildman–Crippen MR) is 242 cm³/mol. The smallest absolute Gasteiger partial charge is 0.0620 e. The molecular formula is C55H34N2. The van der Waals surface area contributed by atoms with Gasteiger partial charge in [-0.05, 0) is 124 Å². The Hall–Kier alpha value is -7.55. The van der Waals surface area contributed by atoms with Crippen molar-refractivity contribution in [2.45, 2.75) is 0 Å². The largest absolute Gasteiger partial charge is 0.309 e. The maximum Gasteiger partial charge on any atom is 0.0620 e. The molecule has 0 aliphatic rings. The number of hydrogen-bond acceptors (Lipinski definition) is 1. The lowest BCUT2D eigenvalue weighted by Gasteiger charge is -2.20. The zero-order chi connectivity index (χ0) is 37.5. The van der Waals surface area contributed by atoms with Crippen LogP contribution in [0, 0.1) is 0 Å². The first-order valence-electron chi connectivity index (χ1n) is 19.6. The predicted octanol–water partition coefficient (Wildman–Crippen LogP) is 14.9. The van der Waals surface area contributed by atoms with E-state index in [2.05, 4.69) is 204 Å². The second kappa shape index (κ2) is 12.5. The molecule has 0 fully saturated rings. The van der Waals surface area contributed by atoms with Gasteiger partial charge >= 0.3 is 0 Å². The number of benzene rings is 10. The molecule has 264 valence electrons. The van der Waals surface area contributed by atoms with Crippen LogP contribution in [0.3, 0.4) is 0 Å². The topological polar surface area (TPSA) is 17.8 Å². The van der Waals surface area contributed by atoms with Crippen LogP contribution in [0.4, 0.5) is 0 Å². The highest BCUT2D eigenvalue weighted by Crippen LogP contribution is 2.47. The molecule has 2 heterocycles. The van der Waals surface area contributed by atoms with Crippen molar-refractivity contribution < 1.29 is 0 Å². The standard InChI is InChI=1S/C55H34N2/c1-2-16-42(17-3-1)57-52-28-29-56-34-51(52)50-33-48(43-18-8-11-21-47(43)55(50)57)39-26-27-46-49(32-39)54(41-25-23-36-13-5-7-15-38(36)31-41)45-20-10-9-19-44(45)53(46)40-24-22-35-12-4-6-14-37(35)30-40/h1-34H. The highest BCUT2D eigenvalue weighted by Gasteiger charge is 2.21. The maximum absolute atomic E-state index is 4.63. The first kappa shape index (κ1) is 31.8. The number of nitrogens with zero attached hydrogens (tertiary/aromatic N) is 2. The molecule has 0 atom stereocenters. The lowest BCUT2D eigenvalue weighted by Crippen LogP contribution is -1.95. The second-order valence-electron chi connectivity index (χ2n) is 15.1. The monoisotopic (exact) mass is 722 g/mol. The molecule has 2 nitrogen and oxygen atoms in total. The summed E-state index contributed by atoms with van der Waals surface area (Å²) in [7, 11) is 0. The Morgan fingerprint density at radius 1 is 0.333 bits per heavy atom. The van der Waals surface area contributed by atoms with Gasteiger partial charge in [0.15, 0.2) is 0 Å². The zero-order valence-corrected chi connectivity index (χ0v) is 31.0. The van der Waals surface area contributed by atoms with E-state index in [1.54, 1.807) is 0 Å². The summed E-state index contributed by atoms with van der Waals surface area (Å²) in [5, 5.41) is 14.7. The van der Waals surface area contributed by atoms with E-state index in [1.165, 1.54) is 98.1 Å². The number of para-hydroxylation sites is 1. The highest BCUT2D eigenvalue weighted by atomic mass is 15.0. The quantitative estimate of drug-likeness (QED) is 0.165. The van der Waals surface area contributed by atoms with Crippen molar-refractivity contribution in [3.63, 3.8) is 0 Å². The van der Waals surface area contributed by atoms with Gasteiger partial charge in [0.2, 0.25) is 0 Å². The average molecular weight is 723 g/mol. The van der Waals surface area contributed by atoms with Crippen molar-refractivity contribution in [1.82, 2.24) is 9.55 Å². The summed E-state index contributed by atoms with van der Waals surface area (Å²) in [6, 6.07) is 71.5. The summed E-state index contributed by atoms with van der Waals surface area (Å²) in [4.78, 5) is 4.63. The van der Waals surface area contributed by atoms with Gasteiger partial charge < -0.3 is 4.57 Å². The summed E-state index contributed by atoms with van der Waals surface area (Å²) in [6.07, 6.45) is 3.93. The van der Waals surface area contributed by atoms with Crippen LogP contribution in [0.25, 0.3) is 115 Å². The van der Waals surface area contributed by atoms with Crippen LogP contribution in [0.15, 0.2) is 207 Å². The van der Waals surface area contributed by atoms with Crippen molar-refractivity contribution in [1.29, 1.82) is 0 Å². The summed E-state index contributed by atoms with van der Waals surface area (Å²) >= 11 is 0. The minimum Gasteiger partial charge on any atom is -0.309 e. The number of fused-ring (bicyclic) bond motifs is 9. The van der Waals surface area contributed by atoms with E-state index >= 15 is 0 Å². The molecule has 57 heavy (non-hydrogen) atoms. The molecule has 0 spiro atoms. The summed E-state index contributed by atoms with van der Waals surface area (Å²) in [5.41, 5.74) is 10.8. The van der Waals surface area contributed by atoms with Gasteiger partial charge in [-0.15, -0.1) is 0 Å². The van der Waals surface area contributed by atoms with E-state index in [0.717, 1.165) is 16.6 Å². The third-order valence-electron chi connectivity index (χ3n) is 12.0. The first-order chi connectivity index (χ1) is 28.3. The molecule has 2 heteroatoms. The summed E-state index contributed by atoms with van der Waals surface area (Å²) in [6.45, 7) is 0. The molecule has 0 aliphatic carbocycles. The van der Waals surface area contributed by atoms with Crippen molar-refractivity contribution in [2.24, 2.45) is 0 Å². The Bertz CT molecular complexity index is 3580. The lowest BCUT2D eigenvalue weighted by molar-refractivity contribution is 1.18. The molecule has 12 rings (SSSR count). The molecule has 2 aromatic heterocycles. The Morgan fingerprint density at radius 3 is 1.56 bits per heavy atom. The molecule has 0 N–H and O–H groups in total. The van der Waals surface area contributed by atoms with E-state index < -0.39 is 0 Å². The van der Waals surface area contributed by atoms with Crippen molar-refractivity contribution in [3.05, 3.63) is 207 Å². The number of aromatic nitrogens is 2. The third-order valence-corrected chi connectivity index (χ3v) is 12.0. The third kappa shape index (κ3) is 4.87. The highest BCUT2D eigenvalue weighted by molar-refractivity contribution is 6.25. The molecule has 0 aliphatic heterocycles. The van der Waals surface area contributed by atoms with Crippen LogP contribution in [0.2, 0.25) is 0 Å². The van der Waals surface area contributed by atoms with Crippen molar-refractivity contribution in [2.75, 3.05) is 0 Å². The van der Waals surface area contributed by atoms with Gasteiger partial charge in [0.25, 0.3) is 0 Å². The molecular weight excluding hydrogens is 689 g/mol. The van der Waals surface area contributed by atoms with Gasteiger partial charge in [-0.3, -0.25) is 4.98 Å². The van der Waals surface area contributed by atoms with Crippen LogP contribution in [-0.4, -0.2) is 9.55 Å². The van der Waals surface area contributed by atoms with Gasteiger partial charge in [0.05, 0.1) is 11.0 Å². The van der Waals surface area contributed by atoms with E-state index in [0.29, 0.717) is 0 Å².